The maximum Gasteiger partial charge on any atom is 0.424 e. The lowest BCUT2D eigenvalue weighted by Gasteiger charge is -2.19. The Balaban J connectivity index is 2.08. The molecule has 9 nitrogen and oxygen atoms in total. The van der Waals surface area contributed by atoms with Gasteiger partial charge in [0, 0.05) is 6.07 Å². The molecule has 1 heterocycles. The van der Waals surface area contributed by atoms with Crippen molar-refractivity contribution in [2.45, 2.75) is 36.0 Å². The Kier molecular flexibility index (Phi) is 3.29. The van der Waals surface area contributed by atoms with Crippen molar-refractivity contribution >= 4 is 21.8 Å². The lowest BCUT2D eigenvalue weighted by atomic mass is 10.2. The molecule has 1 saturated carbocycles. The number of amides is 1. The lowest BCUT2D eigenvalue weighted by molar-refractivity contribution is -0.387. The van der Waals surface area contributed by atoms with Gasteiger partial charge in [-0.05, 0) is 18.9 Å². The Morgan fingerprint density at radius 3 is 2.68 bits per heavy atom. The van der Waals surface area contributed by atoms with Gasteiger partial charge in [-0.15, -0.1) is 0 Å². The number of nitrogens with zero attached hydrogens (tertiary/aromatic N) is 2. The van der Waals surface area contributed by atoms with E-state index < -0.39 is 49.9 Å². The predicted molar refractivity (Wildman–Crippen MR) is 71.4 cm³/mol. The average molecular weight is 328 g/mol. The molecule has 1 saturated heterocycles. The summed E-state index contributed by atoms with van der Waals surface area (Å²) in [7, 11) is -4.44. The summed E-state index contributed by atoms with van der Waals surface area (Å²) in [5, 5.41) is 20.7. The molecule has 0 bridgehead atoms. The summed E-state index contributed by atoms with van der Waals surface area (Å²) in [6, 6.07) is 3.95. The number of aliphatic hydroxyl groups excluding tert-OH is 1. The van der Waals surface area contributed by atoms with E-state index in [-0.39, 0.29) is 6.42 Å². The molecule has 1 N–H and O–H groups in total. The summed E-state index contributed by atoms with van der Waals surface area (Å²) in [6.07, 6.45) is -2.43. The van der Waals surface area contributed by atoms with Crippen LogP contribution in [0.25, 0.3) is 0 Å². The molecule has 0 aromatic heterocycles. The number of fused-ring (bicyclic) bond motifs is 1. The van der Waals surface area contributed by atoms with Gasteiger partial charge in [-0.25, -0.2) is 13.2 Å². The van der Waals surface area contributed by atoms with E-state index in [2.05, 4.69) is 0 Å². The van der Waals surface area contributed by atoms with Gasteiger partial charge in [0.2, 0.25) is 0 Å². The van der Waals surface area contributed by atoms with Crippen molar-refractivity contribution in [2.24, 2.45) is 0 Å². The summed E-state index contributed by atoms with van der Waals surface area (Å²) in [5.41, 5.74) is -0.614. The molecule has 1 aromatic carbocycles. The third-order valence-corrected chi connectivity index (χ3v) is 5.67. The number of hydrogen-bond donors (Lipinski definition) is 1. The Morgan fingerprint density at radius 1 is 1.32 bits per heavy atom. The number of benzene rings is 1. The number of nitro benzene ring substituents is 1. The smallest absolute Gasteiger partial charge is 0.424 e. The molecular formula is C12H12N2O7S. The summed E-state index contributed by atoms with van der Waals surface area (Å²) < 4.78 is 30.7. The fraction of sp³-hybridized carbons (Fsp3) is 0.417. The number of sulfonamides is 1. The normalized spacial score (nSPS) is 27.6. The van der Waals surface area contributed by atoms with Gasteiger partial charge in [0.25, 0.3) is 15.7 Å². The molecule has 1 aliphatic carbocycles. The number of aliphatic hydroxyl groups is 1. The van der Waals surface area contributed by atoms with Crippen molar-refractivity contribution in [2.75, 3.05) is 0 Å². The van der Waals surface area contributed by atoms with Gasteiger partial charge in [-0.2, -0.15) is 4.31 Å². The fourth-order valence-electron chi connectivity index (χ4n) is 2.85. The highest BCUT2D eigenvalue weighted by Gasteiger charge is 2.55. The largest absolute Gasteiger partial charge is 0.440 e. The highest BCUT2D eigenvalue weighted by Crippen LogP contribution is 2.38. The fourth-order valence-corrected chi connectivity index (χ4v) is 4.54. The molecule has 1 aromatic rings. The number of ether oxygens (including phenoxy) is 1. The molecule has 2 aliphatic rings. The first-order valence-electron chi connectivity index (χ1n) is 6.50. The third kappa shape index (κ3) is 2.03. The van der Waals surface area contributed by atoms with Crippen LogP contribution < -0.4 is 0 Å². The van der Waals surface area contributed by atoms with Gasteiger partial charge in [0.15, 0.2) is 11.0 Å². The van der Waals surface area contributed by atoms with E-state index >= 15 is 0 Å². The number of carbonyl (C=O) groups excluding carboxylic acids is 1. The Hall–Kier alpha value is -2.20. The van der Waals surface area contributed by atoms with E-state index in [1.165, 1.54) is 12.1 Å². The van der Waals surface area contributed by atoms with Crippen molar-refractivity contribution in [3.8, 4) is 0 Å². The number of carbonyl (C=O) groups is 1. The molecule has 1 aliphatic heterocycles. The van der Waals surface area contributed by atoms with Crippen LogP contribution in [0.15, 0.2) is 29.2 Å². The molecule has 1 unspecified atom stereocenters. The quantitative estimate of drug-likeness (QED) is 0.636. The number of para-hydroxylation sites is 1. The molecular weight excluding hydrogens is 316 g/mol. The van der Waals surface area contributed by atoms with Gasteiger partial charge in [-0.1, -0.05) is 12.1 Å². The number of nitro groups is 1. The molecule has 3 atom stereocenters. The molecule has 0 radical (unpaired) electrons. The third-order valence-electron chi connectivity index (χ3n) is 3.83. The van der Waals surface area contributed by atoms with Gasteiger partial charge >= 0.3 is 6.09 Å². The van der Waals surface area contributed by atoms with E-state index in [9.17, 15) is 28.4 Å². The summed E-state index contributed by atoms with van der Waals surface area (Å²) in [4.78, 5) is 21.5. The second kappa shape index (κ2) is 4.92. The number of rotatable bonds is 3. The van der Waals surface area contributed by atoms with E-state index in [0.29, 0.717) is 10.7 Å². The van der Waals surface area contributed by atoms with Crippen LogP contribution in [0, 0.1) is 10.1 Å². The van der Waals surface area contributed by atoms with Crippen LogP contribution in [0.5, 0.6) is 0 Å². The molecule has 1 amide bonds. The first kappa shape index (κ1) is 14.7. The van der Waals surface area contributed by atoms with Crippen molar-refractivity contribution in [1.82, 2.24) is 4.31 Å². The van der Waals surface area contributed by atoms with Crippen LogP contribution in [-0.2, 0) is 14.8 Å². The molecule has 10 heteroatoms. The zero-order chi connectivity index (χ0) is 16.1. The standard InChI is InChI=1S/C12H12N2O7S/c15-9-6-5-8-11(9)21-12(16)13(8)22(19,20)10-4-2-1-3-7(10)14(17)18/h1-4,8-9,11,15H,5-6H2/t8?,9-,11-/m1/s1. The molecule has 0 spiro atoms. The summed E-state index contributed by atoms with van der Waals surface area (Å²) in [5.74, 6) is 0. The minimum absolute atomic E-state index is 0.247. The second-order valence-electron chi connectivity index (χ2n) is 5.09. The van der Waals surface area contributed by atoms with E-state index in [0.717, 1.165) is 12.1 Å². The second-order valence-corrected chi connectivity index (χ2v) is 6.87. The summed E-state index contributed by atoms with van der Waals surface area (Å²) >= 11 is 0. The maximum atomic E-state index is 12.7. The van der Waals surface area contributed by atoms with Crippen LogP contribution in [0.2, 0.25) is 0 Å². The maximum absolute atomic E-state index is 12.7. The topological polar surface area (TPSA) is 127 Å². The Bertz CT molecular complexity index is 748. The zero-order valence-corrected chi connectivity index (χ0v) is 12.0. The minimum atomic E-state index is -4.44. The zero-order valence-electron chi connectivity index (χ0n) is 11.2. The predicted octanol–water partition coefficient (Wildman–Crippen LogP) is 0.628. The van der Waals surface area contributed by atoms with Gasteiger partial charge < -0.3 is 9.84 Å². The highest BCUT2D eigenvalue weighted by molar-refractivity contribution is 7.89. The van der Waals surface area contributed by atoms with Crippen molar-refractivity contribution < 1.29 is 28.0 Å². The first-order chi connectivity index (χ1) is 10.3. The highest BCUT2D eigenvalue weighted by atomic mass is 32.2. The Labute approximate surface area is 125 Å². The monoisotopic (exact) mass is 328 g/mol. The van der Waals surface area contributed by atoms with Gasteiger partial charge in [0.1, 0.15) is 0 Å². The SMILES string of the molecule is O=C1O[C@@H]2C(CC[C@H]2O)N1S(=O)(=O)c1ccccc1[N+](=O)[O-]. The average Bonchev–Trinajstić information content (AvgIpc) is 2.98. The molecule has 22 heavy (non-hydrogen) atoms. The molecule has 118 valence electrons. The van der Waals surface area contributed by atoms with Crippen molar-refractivity contribution in [3.05, 3.63) is 34.4 Å². The van der Waals surface area contributed by atoms with Crippen LogP contribution in [0.1, 0.15) is 12.8 Å². The van der Waals surface area contributed by atoms with E-state index in [4.69, 9.17) is 4.74 Å². The molecule has 2 fully saturated rings. The van der Waals surface area contributed by atoms with Gasteiger partial charge in [-0.3, -0.25) is 10.1 Å². The van der Waals surface area contributed by atoms with Gasteiger partial charge in [0.05, 0.1) is 17.1 Å². The first-order valence-corrected chi connectivity index (χ1v) is 7.94. The summed E-state index contributed by atoms with van der Waals surface area (Å²) in [6.45, 7) is 0. The minimum Gasteiger partial charge on any atom is -0.440 e. The van der Waals surface area contributed by atoms with Crippen molar-refractivity contribution in [1.29, 1.82) is 0 Å². The van der Waals surface area contributed by atoms with E-state index in [1.807, 2.05) is 0 Å². The van der Waals surface area contributed by atoms with Crippen LogP contribution in [-0.4, -0.2) is 47.1 Å². The van der Waals surface area contributed by atoms with Crippen LogP contribution in [0.4, 0.5) is 10.5 Å². The number of hydrogen-bond acceptors (Lipinski definition) is 7. The lowest BCUT2D eigenvalue weighted by Crippen LogP contribution is -2.40. The van der Waals surface area contributed by atoms with Crippen molar-refractivity contribution in [3.63, 3.8) is 0 Å². The van der Waals surface area contributed by atoms with Crippen LogP contribution in [0.3, 0.4) is 0 Å². The molecule has 3 rings (SSSR count). The Morgan fingerprint density at radius 2 is 2.00 bits per heavy atom. The van der Waals surface area contributed by atoms with Crippen LogP contribution >= 0.6 is 0 Å². The van der Waals surface area contributed by atoms with E-state index in [1.54, 1.807) is 0 Å².